The Kier molecular flexibility index (Phi) is 6.75. The van der Waals surface area contributed by atoms with Crippen LogP contribution in [0.1, 0.15) is 45.6 Å². The molecule has 1 fully saturated rings. The van der Waals surface area contributed by atoms with E-state index in [0.717, 1.165) is 18.4 Å². The molecular formula is C19H30ClN3O2S. The Morgan fingerprint density at radius 3 is 2.65 bits per heavy atom. The van der Waals surface area contributed by atoms with Crippen LogP contribution in [0.4, 0.5) is 0 Å². The van der Waals surface area contributed by atoms with Gasteiger partial charge in [0.25, 0.3) is 10.0 Å². The molecule has 1 aliphatic carbocycles. The molecule has 1 N–H and O–H groups in total. The molecule has 0 amide bonds. The zero-order chi connectivity index (χ0) is 19.5. The highest BCUT2D eigenvalue weighted by Crippen LogP contribution is 2.38. The number of hydrogen-bond donors (Lipinski definition) is 1. The summed E-state index contributed by atoms with van der Waals surface area (Å²) < 4.78 is 28.5. The molecule has 0 radical (unpaired) electrons. The van der Waals surface area contributed by atoms with Gasteiger partial charge in [0.15, 0.2) is 0 Å². The van der Waals surface area contributed by atoms with Crippen molar-refractivity contribution in [1.82, 2.24) is 10.2 Å². The van der Waals surface area contributed by atoms with Crippen LogP contribution in [0.3, 0.4) is 0 Å². The molecular weight excluding hydrogens is 370 g/mol. The van der Waals surface area contributed by atoms with Gasteiger partial charge in [-0.05, 0) is 48.3 Å². The van der Waals surface area contributed by atoms with Crippen LogP contribution in [0.25, 0.3) is 0 Å². The Hall–Kier alpha value is -1.11. The highest BCUT2D eigenvalue weighted by atomic mass is 35.5. The van der Waals surface area contributed by atoms with E-state index in [1.807, 2.05) is 6.07 Å². The maximum Gasteiger partial charge on any atom is 0.285 e. The summed E-state index contributed by atoms with van der Waals surface area (Å²) in [6.07, 6.45) is 4.79. The fourth-order valence-electron chi connectivity index (χ4n) is 3.83. The molecule has 7 heteroatoms. The molecule has 26 heavy (non-hydrogen) atoms. The van der Waals surface area contributed by atoms with E-state index in [9.17, 15) is 8.42 Å². The molecule has 2 unspecified atom stereocenters. The number of sulfonamides is 1. The summed E-state index contributed by atoms with van der Waals surface area (Å²) in [4.78, 5) is 1.62. The highest BCUT2D eigenvalue weighted by Gasteiger charge is 2.31. The van der Waals surface area contributed by atoms with Crippen molar-refractivity contribution in [2.75, 3.05) is 14.1 Å². The fraction of sp³-hybridized carbons (Fsp3) is 0.632. The van der Waals surface area contributed by atoms with E-state index in [1.54, 1.807) is 31.1 Å². The molecule has 1 aromatic rings. The Balaban J connectivity index is 2.12. The first-order valence-electron chi connectivity index (χ1n) is 8.97. The summed E-state index contributed by atoms with van der Waals surface area (Å²) in [6.45, 7) is 7.54. The monoisotopic (exact) mass is 399 g/mol. The molecule has 0 bridgehead atoms. The first-order valence-corrected chi connectivity index (χ1v) is 10.8. The van der Waals surface area contributed by atoms with Gasteiger partial charge in [-0.3, -0.25) is 0 Å². The second-order valence-electron chi connectivity index (χ2n) is 8.42. The van der Waals surface area contributed by atoms with Gasteiger partial charge in [0.1, 0.15) is 11.2 Å². The van der Waals surface area contributed by atoms with Gasteiger partial charge in [0, 0.05) is 26.7 Å². The number of nitrogens with zero attached hydrogens (tertiary/aromatic N) is 2. The lowest BCUT2D eigenvalue weighted by Crippen LogP contribution is -2.39. The summed E-state index contributed by atoms with van der Waals surface area (Å²) in [5, 5.41) is 3.78. The number of halogens is 1. The van der Waals surface area contributed by atoms with Crippen LogP contribution >= 0.6 is 11.6 Å². The van der Waals surface area contributed by atoms with E-state index < -0.39 is 10.0 Å². The van der Waals surface area contributed by atoms with Crippen LogP contribution < -0.4 is 5.32 Å². The number of hydrogen-bond acceptors (Lipinski definition) is 3. The molecule has 2 rings (SSSR count). The Morgan fingerprint density at radius 2 is 2.04 bits per heavy atom. The van der Waals surface area contributed by atoms with Crippen molar-refractivity contribution < 1.29 is 8.42 Å². The largest absolute Gasteiger partial charge is 0.368 e. The second kappa shape index (κ2) is 8.28. The lowest BCUT2D eigenvalue weighted by atomic mass is 9.70. The highest BCUT2D eigenvalue weighted by molar-refractivity contribution is 7.90. The Labute approximate surface area is 162 Å². The first kappa shape index (κ1) is 21.2. The zero-order valence-electron chi connectivity index (χ0n) is 16.3. The maximum absolute atomic E-state index is 12.4. The molecule has 0 aromatic heterocycles. The normalized spacial score (nSPS) is 23.3. The molecule has 2 atom stereocenters. The smallest absolute Gasteiger partial charge is 0.285 e. The van der Waals surface area contributed by atoms with Gasteiger partial charge in [0.2, 0.25) is 0 Å². The van der Waals surface area contributed by atoms with E-state index in [4.69, 9.17) is 11.6 Å². The van der Waals surface area contributed by atoms with Gasteiger partial charge in [0.05, 0.1) is 5.02 Å². The van der Waals surface area contributed by atoms with Crippen LogP contribution in [-0.4, -0.2) is 39.8 Å². The third-order valence-electron chi connectivity index (χ3n) is 4.67. The predicted molar refractivity (Wildman–Crippen MR) is 108 cm³/mol. The minimum absolute atomic E-state index is 0.0499. The molecule has 146 valence electrons. The van der Waals surface area contributed by atoms with Crippen molar-refractivity contribution in [2.24, 2.45) is 15.7 Å². The molecule has 0 heterocycles. The van der Waals surface area contributed by atoms with Crippen LogP contribution in [0, 0.1) is 11.3 Å². The minimum atomic E-state index is -3.81. The van der Waals surface area contributed by atoms with Gasteiger partial charge in [-0.15, -0.1) is 4.40 Å². The van der Waals surface area contributed by atoms with Gasteiger partial charge in [-0.2, -0.15) is 8.42 Å². The molecule has 0 aliphatic heterocycles. The van der Waals surface area contributed by atoms with E-state index in [-0.39, 0.29) is 9.92 Å². The van der Waals surface area contributed by atoms with Crippen LogP contribution in [0.15, 0.2) is 27.5 Å². The molecule has 5 nitrogen and oxygen atoms in total. The minimum Gasteiger partial charge on any atom is -0.368 e. The summed E-state index contributed by atoms with van der Waals surface area (Å²) >= 11 is 6.11. The number of rotatable bonds is 6. The summed E-state index contributed by atoms with van der Waals surface area (Å²) in [5.74, 6) is 0.692. The summed E-state index contributed by atoms with van der Waals surface area (Å²) in [6, 6.07) is 5.55. The average molecular weight is 400 g/mol. The van der Waals surface area contributed by atoms with Crippen molar-refractivity contribution in [2.45, 2.75) is 57.5 Å². The third-order valence-corrected chi connectivity index (χ3v) is 6.38. The summed E-state index contributed by atoms with van der Waals surface area (Å²) in [5.41, 5.74) is 1.23. The quantitative estimate of drug-likeness (QED) is 0.581. The van der Waals surface area contributed by atoms with Crippen LogP contribution in [-0.2, 0) is 16.6 Å². The maximum atomic E-state index is 12.4. The molecule has 1 saturated carbocycles. The van der Waals surface area contributed by atoms with Crippen molar-refractivity contribution in [3.05, 3.63) is 28.8 Å². The second-order valence-corrected chi connectivity index (χ2v) is 10.4. The molecule has 0 saturated heterocycles. The number of benzene rings is 1. The topological polar surface area (TPSA) is 61.8 Å². The van der Waals surface area contributed by atoms with Crippen molar-refractivity contribution in [1.29, 1.82) is 0 Å². The zero-order valence-corrected chi connectivity index (χ0v) is 17.9. The van der Waals surface area contributed by atoms with E-state index >= 15 is 0 Å². The van der Waals surface area contributed by atoms with Crippen LogP contribution in [0.5, 0.6) is 0 Å². The first-order chi connectivity index (χ1) is 12.0. The molecule has 1 aliphatic rings. The SMILES string of the molecule is CC1CC(NCc2ccc(Cl)c(S(=O)(=O)/N=C/N(C)C)c2)CC(C)(C)C1. The average Bonchev–Trinajstić information content (AvgIpc) is 2.50. The summed E-state index contributed by atoms with van der Waals surface area (Å²) in [7, 11) is -0.379. The van der Waals surface area contributed by atoms with E-state index in [0.29, 0.717) is 23.9 Å². The van der Waals surface area contributed by atoms with Crippen molar-refractivity contribution in [3.8, 4) is 0 Å². The van der Waals surface area contributed by atoms with Crippen molar-refractivity contribution >= 4 is 28.0 Å². The molecule has 0 spiro atoms. The van der Waals surface area contributed by atoms with Gasteiger partial charge < -0.3 is 10.2 Å². The Morgan fingerprint density at radius 1 is 1.35 bits per heavy atom. The fourth-order valence-corrected chi connectivity index (χ4v) is 5.28. The third kappa shape index (κ3) is 5.96. The van der Waals surface area contributed by atoms with Gasteiger partial charge >= 0.3 is 0 Å². The number of nitrogens with one attached hydrogen (secondary N) is 1. The van der Waals surface area contributed by atoms with E-state index in [2.05, 4.69) is 30.5 Å². The Bertz CT molecular complexity index is 760. The predicted octanol–water partition coefficient (Wildman–Crippen LogP) is 3.92. The lowest BCUT2D eigenvalue weighted by molar-refractivity contribution is 0.151. The van der Waals surface area contributed by atoms with Gasteiger partial charge in [-0.1, -0.05) is 38.4 Å². The lowest BCUT2D eigenvalue weighted by Gasteiger charge is -2.39. The van der Waals surface area contributed by atoms with E-state index in [1.165, 1.54) is 12.8 Å². The van der Waals surface area contributed by atoms with Crippen LogP contribution in [0.2, 0.25) is 5.02 Å². The molecule has 1 aromatic carbocycles. The van der Waals surface area contributed by atoms with Crippen molar-refractivity contribution in [3.63, 3.8) is 0 Å². The standard InChI is InChI=1S/C19H30ClN3O2S/c1-14-8-16(11-19(2,3)10-14)21-12-15-6-7-17(20)18(9-15)26(24,25)22-13-23(4)5/h6-7,9,13-14,16,21H,8,10-12H2,1-5H3/b22-13+. The van der Waals surface area contributed by atoms with Gasteiger partial charge in [-0.25, -0.2) is 0 Å².